The number of carbonyl (C=O) groups excluding carboxylic acids is 1. The molecule has 9 nitrogen and oxygen atoms in total. The molecule has 222 valence electrons. The Balaban J connectivity index is 1.63. The molecule has 2 aromatic carbocycles. The van der Waals surface area contributed by atoms with Crippen molar-refractivity contribution in [2.24, 2.45) is 5.92 Å². The third kappa shape index (κ3) is 7.53. The van der Waals surface area contributed by atoms with Gasteiger partial charge in [-0.3, -0.25) is 0 Å². The fraction of sp³-hybridized carbons (Fsp3) is 0.516. The Morgan fingerprint density at radius 3 is 2.46 bits per heavy atom. The lowest BCUT2D eigenvalue weighted by molar-refractivity contribution is 0.0806. The van der Waals surface area contributed by atoms with E-state index in [-0.39, 0.29) is 48.3 Å². The van der Waals surface area contributed by atoms with Gasteiger partial charge in [0, 0.05) is 42.7 Å². The summed E-state index contributed by atoms with van der Waals surface area (Å²) in [6, 6.07) is 11.5. The highest BCUT2D eigenvalue weighted by molar-refractivity contribution is 7.89. The minimum atomic E-state index is -3.97. The highest BCUT2D eigenvalue weighted by Crippen LogP contribution is 2.34. The van der Waals surface area contributed by atoms with Gasteiger partial charge < -0.3 is 24.8 Å². The van der Waals surface area contributed by atoms with E-state index < -0.39 is 22.2 Å². The highest BCUT2D eigenvalue weighted by atomic mass is 32.2. The average Bonchev–Trinajstić information content (AvgIpc) is 2.98. The normalized spacial score (nSPS) is 21.6. The molecule has 1 saturated carbocycles. The summed E-state index contributed by atoms with van der Waals surface area (Å²) in [5, 5.41) is 13.0. The van der Waals surface area contributed by atoms with E-state index in [4.69, 9.17) is 9.47 Å². The van der Waals surface area contributed by atoms with E-state index in [1.165, 1.54) is 16.8 Å². The second kappa shape index (κ2) is 13.6. The summed E-state index contributed by atoms with van der Waals surface area (Å²) in [6.07, 6.45) is 4.90. The Bertz CT molecular complexity index is 1360. The van der Waals surface area contributed by atoms with Crippen molar-refractivity contribution in [3.05, 3.63) is 53.6 Å². The molecule has 1 aliphatic carbocycles. The number of hydrogen-bond acceptors (Lipinski definition) is 6. The van der Waals surface area contributed by atoms with Crippen molar-refractivity contribution < 1.29 is 27.8 Å². The largest absolute Gasteiger partial charge is 0.497 e. The quantitative estimate of drug-likeness (QED) is 0.501. The van der Waals surface area contributed by atoms with Crippen molar-refractivity contribution >= 4 is 16.1 Å². The molecule has 3 atom stereocenters. The second-order valence-electron chi connectivity index (χ2n) is 11.0. The van der Waals surface area contributed by atoms with Crippen molar-refractivity contribution in [3.8, 4) is 23.3 Å². The molecule has 2 N–H and O–H groups in total. The number of likely N-dealkylation sites (N-methyl/N-ethyl adjacent to an activating group) is 1. The van der Waals surface area contributed by atoms with Crippen LogP contribution in [0.25, 0.3) is 0 Å². The van der Waals surface area contributed by atoms with Gasteiger partial charge in [0.1, 0.15) is 22.5 Å². The number of carbonyl (C=O) groups is 1. The van der Waals surface area contributed by atoms with Gasteiger partial charge in [0.05, 0.1) is 20.3 Å². The summed E-state index contributed by atoms with van der Waals surface area (Å²) in [4.78, 5) is 14.6. The Kier molecular flexibility index (Phi) is 10.2. The first-order chi connectivity index (χ1) is 19.6. The molecule has 0 radical (unpaired) electrons. The van der Waals surface area contributed by atoms with Gasteiger partial charge in [-0.05, 0) is 62.2 Å². The molecule has 1 aliphatic heterocycles. The first-order valence-electron chi connectivity index (χ1n) is 14.2. The molecule has 0 aromatic heterocycles. The van der Waals surface area contributed by atoms with Crippen LogP contribution in [-0.2, 0) is 10.0 Å². The van der Waals surface area contributed by atoms with Crippen LogP contribution in [0.5, 0.6) is 11.5 Å². The Labute approximate surface area is 243 Å². The monoisotopic (exact) mass is 583 g/mol. The molecular formula is C31H41N3O6S. The molecule has 41 heavy (non-hydrogen) atoms. The van der Waals surface area contributed by atoms with Crippen LogP contribution in [0.2, 0.25) is 0 Å². The highest BCUT2D eigenvalue weighted by Gasteiger charge is 2.38. The molecule has 0 unspecified atom stereocenters. The van der Waals surface area contributed by atoms with E-state index in [0.29, 0.717) is 5.56 Å². The summed E-state index contributed by atoms with van der Waals surface area (Å²) in [5.41, 5.74) is 1.37. The van der Waals surface area contributed by atoms with Crippen LogP contribution in [0, 0.1) is 17.8 Å². The van der Waals surface area contributed by atoms with Crippen LogP contribution >= 0.6 is 0 Å². The number of benzene rings is 2. The van der Waals surface area contributed by atoms with Gasteiger partial charge in [-0.2, -0.15) is 4.31 Å². The first kappa shape index (κ1) is 30.7. The molecule has 10 heteroatoms. The van der Waals surface area contributed by atoms with Gasteiger partial charge in [0.15, 0.2) is 0 Å². The van der Waals surface area contributed by atoms with Gasteiger partial charge in [-0.1, -0.05) is 38.0 Å². The summed E-state index contributed by atoms with van der Waals surface area (Å²) < 4.78 is 40.4. The van der Waals surface area contributed by atoms with Crippen molar-refractivity contribution in [3.63, 3.8) is 0 Å². The van der Waals surface area contributed by atoms with E-state index in [1.807, 2.05) is 31.2 Å². The number of aliphatic hydroxyl groups excluding tert-OH is 1. The molecule has 0 spiro atoms. The smallest absolute Gasteiger partial charge is 0.317 e. The molecule has 4 rings (SSSR count). The number of aliphatic hydroxyl groups is 1. The fourth-order valence-corrected chi connectivity index (χ4v) is 7.05. The van der Waals surface area contributed by atoms with E-state index in [1.54, 1.807) is 38.1 Å². The van der Waals surface area contributed by atoms with Gasteiger partial charge in [0.25, 0.3) is 0 Å². The predicted octanol–water partition coefficient (Wildman–Crippen LogP) is 3.84. The van der Waals surface area contributed by atoms with Crippen LogP contribution in [0.3, 0.4) is 0 Å². The van der Waals surface area contributed by atoms with E-state index in [0.717, 1.165) is 37.0 Å². The fourth-order valence-electron chi connectivity index (χ4n) is 5.22. The number of rotatable bonds is 6. The topological polar surface area (TPSA) is 108 Å². The van der Waals surface area contributed by atoms with Gasteiger partial charge >= 0.3 is 6.03 Å². The maximum absolute atomic E-state index is 13.7. The Morgan fingerprint density at radius 1 is 1.15 bits per heavy atom. The third-order valence-corrected chi connectivity index (χ3v) is 9.86. The van der Waals surface area contributed by atoms with Crippen molar-refractivity contribution in [1.82, 2.24) is 14.5 Å². The number of urea groups is 1. The van der Waals surface area contributed by atoms with Crippen LogP contribution in [0.15, 0.2) is 47.4 Å². The SMILES string of the molecule is COc1ccc(C#Cc2ccc3c(c2)O[C@H](CN(C)C(=O)NC2CCCCC2)[C@H](C)CN([C@H](C)CO)S3(=O)=O)cc1. The van der Waals surface area contributed by atoms with Gasteiger partial charge in [-0.15, -0.1) is 0 Å². The Hall–Kier alpha value is -3.26. The maximum atomic E-state index is 13.7. The maximum Gasteiger partial charge on any atom is 0.317 e. The van der Waals surface area contributed by atoms with Crippen LogP contribution in [0.4, 0.5) is 4.79 Å². The molecule has 0 bridgehead atoms. The Morgan fingerprint density at radius 2 is 1.80 bits per heavy atom. The average molecular weight is 584 g/mol. The number of methoxy groups -OCH3 is 1. The number of sulfonamides is 1. The van der Waals surface area contributed by atoms with E-state index in [9.17, 15) is 18.3 Å². The second-order valence-corrected chi connectivity index (χ2v) is 12.9. The molecular weight excluding hydrogens is 542 g/mol. The van der Waals surface area contributed by atoms with Crippen LogP contribution in [0.1, 0.15) is 57.1 Å². The van der Waals surface area contributed by atoms with E-state index >= 15 is 0 Å². The standard InChI is InChI=1S/C31H41N3O6S/c1-22-19-34(23(2)21-35)41(37,38)30-17-14-25(11-10-24-12-15-27(39-4)16-13-24)18-28(30)40-29(22)20-33(3)31(36)32-26-8-6-5-7-9-26/h12-18,22-23,26,29,35H,5-9,19-21H2,1-4H3,(H,32,36)/t22-,23-,29-/m1/s1. The zero-order chi connectivity index (χ0) is 29.6. The van der Waals surface area contributed by atoms with Crippen molar-refractivity contribution in [2.45, 2.75) is 69.0 Å². The summed E-state index contributed by atoms with van der Waals surface area (Å²) in [5.74, 6) is 6.83. The van der Waals surface area contributed by atoms with Crippen LogP contribution < -0.4 is 14.8 Å². The molecule has 1 heterocycles. The minimum Gasteiger partial charge on any atom is -0.497 e. The van der Waals surface area contributed by atoms with Crippen LogP contribution in [-0.4, -0.2) is 80.8 Å². The number of ether oxygens (including phenoxy) is 2. The molecule has 1 fully saturated rings. The molecule has 2 amide bonds. The number of hydrogen-bond donors (Lipinski definition) is 2. The lowest BCUT2D eigenvalue weighted by atomic mass is 9.96. The number of amides is 2. The zero-order valence-electron chi connectivity index (χ0n) is 24.3. The predicted molar refractivity (Wildman–Crippen MR) is 157 cm³/mol. The summed E-state index contributed by atoms with van der Waals surface area (Å²) >= 11 is 0. The van der Waals surface area contributed by atoms with Crippen molar-refractivity contribution in [2.75, 3.05) is 33.9 Å². The molecule has 2 aliphatic rings. The zero-order valence-corrected chi connectivity index (χ0v) is 25.1. The lowest BCUT2D eigenvalue weighted by Crippen LogP contribution is -2.52. The molecule has 2 aromatic rings. The number of nitrogens with zero attached hydrogens (tertiary/aromatic N) is 2. The lowest BCUT2D eigenvalue weighted by Gasteiger charge is -2.37. The minimum absolute atomic E-state index is 0.0130. The summed E-state index contributed by atoms with van der Waals surface area (Å²) in [7, 11) is -0.639. The van der Waals surface area contributed by atoms with Gasteiger partial charge in [-0.25, -0.2) is 13.2 Å². The summed E-state index contributed by atoms with van der Waals surface area (Å²) in [6.45, 7) is 3.68. The van der Waals surface area contributed by atoms with E-state index in [2.05, 4.69) is 17.2 Å². The number of fused-ring (bicyclic) bond motifs is 1. The number of nitrogens with one attached hydrogen (secondary N) is 1. The van der Waals surface area contributed by atoms with Crippen molar-refractivity contribution in [1.29, 1.82) is 0 Å². The van der Waals surface area contributed by atoms with Gasteiger partial charge in [0.2, 0.25) is 10.0 Å². The molecule has 0 saturated heterocycles. The third-order valence-electron chi connectivity index (χ3n) is 7.84. The first-order valence-corrected chi connectivity index (χ1v) is 15.7.